The van der Waals surface area contributed by atoms with Gasteiger partial charge in [-0.3, -0.25) is 4.90 Å². The fourth-order valence-electron chi connectivity index (χ4n) is 2.52. The highest BCUT2D eigenvalue weighted by Gasteiger charge is 2.20. The Bertz CT molecular complexity index is 619. The molecule has 0 amide bonds. The summed E-state index contributed by atoms with van der Waals surface area (Å²) in [6.07, 6.45) is 0. The summed E-state index contributed by atoms with van der Waals surface area (Å²) in [4.78, 5) is 4.54. The van der Waals surface area contributed by atoms with Gasteiger partial charge in [0.1, 0.15) is 0 Å². The van der Waals surface area contributed by atoms with Crippen LogP contribution in [-0.4, -0.2) is 41.3 Å². The molecule has 7 heteroatoms. The van der Waals surface area contributed by atoms with E-state index in [0.29, 0.717) is 5.15 Å². The number of aromatic nitrogens is 2. The van der Waals surface area contributed by atoms with E-state index in [0.717, 1.165) is 54.2 Å². The molecule has 3 rings (SSSR count). The van der Waals surface area contributed by atoms with Crippen LogP contribution in [0.25, 0.3) is 0 Å². The van der Waals surface area contributed by atoms with Crippen molar-refractivity contribution in [1.82, 2.24) is 15.1 Å². The summed E-state index contributed by atoms with van der Waals surface area (Å²) >= 11 is 18.2. The molecule has 0 N–H and O–H groups in total. The molecule has 4 nitrogen and oxygen atoms in total. The van der Waals surface area contributed by atoms with Gasteiger partial charge in [0, 0.05) is 48.3 Å². The first kappa shape index (κ1) is 15.8. The van der Waals surface area contributed by atoms with Crippen LogP contribution in [0.3, 0.4) is 0 Å². The minimum Gasteiger partial charge on any atom is -0.353 e. The highest BCUT2D eigenvalue weighted by molar-refractivity contribution is 6.36. The van der Waals surface area contributed by atoms with Gasteiger partial charge in [-0.15, -0.1) is 10.2 Å². The molecule has 1 aromatic heterocycles. The van der Waals surface area contributed by atoms with Crippen molar-refractivity contribution in [2.45, 2.75) is 6.54 Å². The van der Waals surface area contributed by atoms with Gasteiger partial charge in [0.15, 0.2) is 11.0 Å². The molecular formula is C15H15Cl3N4. The zero-order valence-corrected chi connectivity index (χ0v) is 14.1. The number of hydrogen-bond donors (Lipinski definition) is 0. The van der Waals surface area contributed by atoms with Crippen LogP contribution >= 0.6 is 34.8 Å². The molecule has 0 spiro atoms. The van der Waals surface area contributed by atoms with Crippen LogP contribution in [0, 0.1) is 0 Å². The van der Waals surface area contributed by atoms with Gasteiger partial charge >= 0.3 is 0 Å². The average molecular weight is 358 g/mol. The summed E-state index contributed by atoms with van der Waals surface area (Å²) in [5.41, 5.74) is 0.991. The number of halogens is 3. The third kappa shape index (κ3) is 3.63. The van der Waals surface area contributed by atoms with Crippen LogP contribution in [-0.2, 0) is 6.54 Å². The molecule has 0 atom stereocenters. The topological polar surface area (TPSA) is 32.3 Å². The van der Waals surface area contributed by atoms with E-state index in [1.54, 1.807) is 6.07 Å². The Balaban J connectivity index is 1.61. The van der Waals surface area contributed by atoms with Gasteiger partial charge in [-0.25, -0.2) is 0 Å². The second-order valence-corrected chi connectivity index (χ2v) is 6.38. The number of benzene rings is 1. The molecule has 22 heavy (non-hydrogen) atoms. The first-order valence-corrected chi connectivity index (χ1v) is 8.16. The van der Waals surface area contributed by atoms with Crippen LogP contribution < -0.4 is 4.90 Å². The fourth-order valence-corrected chi connectivity index (χ4v) is 3.14. The third-order valence-electron chi connectivity index (χ3n) is 3.76. The van der Waals surface area contributed by atoms with Gasteiger partial charge in [0.05, 0.1) is 0 Å². The predicted octanol–water partition coefficient (Wildman–Crippen LogP) is 3.76. The molecule has 2 aromatic rings. The fraction of sp³-hybridized carbons (Fsp3) is 0.333. The zero-order chi connectivity index (χ0) is 15.5. The van der Waals surface area contributed by atoms with E-state index in [-0.39, 0.29) is 0 Å². The van der Waals surface area contributed by atoms with Crippen molar-refractivity contribution >= 4 is 40.6 Å². The molecule has 0 bridgehead atoms. The Morgan fingerprint density at radius 3 is 2.14 bits per heavy atom. The molecular weight excluding hydrogens is 343 g/mol. The SMILES string of the molecule is Clc1ccc(N2CCN(Cc3c(Cl)cccc3Cl)CC2)nn1. The van der Waals surface area contributed by atoms with E-state index in [4.69, 9.17) is 34.8 Å². The van der Waals surface area contributed by atoms with Crippen molar-refractivity contribution in [3.8, 4) is 0 Å². The first-order valence-electron chi connectivity index (χ1n) is 7.03. The van der Waals surface area contributed by atoms with Crippen molar-refractivity contribution in [2.75, 3.05) is 31.1 Å². The maximum Gasteiger partial charge on any atom is 0.151 e. The van der Waals surface area contributed by atoms with Crippen LogP contribution in [0.5, 0.6) is 0 Å². The molecule has 1 aliphatic heterocycles. The minimum absolute atomic E-state index is 0.413. The van der Waals surface area contributed by atoms with Crippen LogP contribution in [0.4, 0.5) is 5.82 Å². The summed E-state index contributed by atoms with van der Waals surface area (Å²) in [5.74, 6) is 0.861. The second kappa shape index (κ2) is 7.01. The molecule has 116 valence electrons. The van der Waals surface area contributed by atoms with E-state index < -0.39 is 0 Å². The molecule has 0 radical (unpaired) electrons. The number of piperazine rings is 1. The van der Waals surface area contributed by atoms with Crippen LogP contribution in [0.15, 0.2) is 30.3 Å². The molecule has 0 saturated carbocycles. The van der Waals surface area contributed by atoms with E-state index >= 15 is 0 Å². The molecule has 0 aliphatic carbocycles. The van der Waals surface area contributed by atoms with E-state index in [9.17, 15) is 0 Å². The monoisotopic (exact) mass is 356 g/mol. The zero-order valence-electron chi connectivity index (χ0n) is 11.8. The summed E-state index contributed by atoms with van der Waals surface area (Å²) in [5, 5.41) is 9.87. The Morgan fingerprint density at radius 1 is 0.864 bits per heavy atom. The largest absolute Gasteiger partial charge is 0.353 e. The lowest BCUT2D eigenvalue weighted by atomic mass is 10.2. The quantitative estimate of drug-likeness (QED) is 0.837. The normalized spacial score (nSPS) is 16.0. The average Bonchev–Trinajstić information content (AvgIpc) is 2.53. The van der Waals surface area contributed by atoms with Gasteiger partial charge < -0.3 is 4.90 Å². The van der Waals surface area contributed by atoms with Crippen LogP contribution in [0.2, 0.25) is 15.2 Å². The first-order chi connectivity index (χ1) is 10.6. The number of hydrogen-bond acceptors (Lipinski definition) is 4. The minimum atomic E-state index is 0.413. The molecule has 2 heterocycles. The summed E-state index contributed by atoms with van der Waals surface area (Å²) in [6.45, 7) is 4.38. The molecule has 1 aliphatic rings. The lowest BCUT2D eigenvalue weighted by Gasteiger charge is -2.35. The van der Waals surface area contributed by atoms with Crippen molar-refractivity contribution in [1.29, 1.82) is 0 Å². The van der Waals surface area contributed by atoms with Gasteiger partial charge in [0.25, 0.3) is 0 Å². The van der Waals surface area contributed by atoms with E-state index in [1.807, 2.05) is 24.3 Å². The standard InChI is InChI=1S/C15H15Cl3N4/c16-12-2-1-3-13(17)11(12)10-21-6-8-22(9-7-21)15-5-4-14(18)19-20-15/h1-5H,6-10H2. The highest BCUT2D eigenvalue weighted by atomic mass is 35.5. The Labute approximate surface area is 144 Å². The number of nitrogens with zero attached hydrogens (tertiary/aromatic N) is 4. The predicted molar refractivity (Wildman–Crippen MR) is 91.0 cm³/mol. The second-order valence-electron chi connectivity index (χ2n) is 5.18. The summed E-state index contributed by atoms with van der Waals surface area (Å²) in [7, 11) is 0. The Hall–Kier alpha value is -1.07. The number of anilines is 1. The van der Waals surface area contributed by atoms with Crippen molar-refractivity contribution in [3.63, 3.8) is 0 Å². The maximum absolute atomic E-state index is 6.24. The summed E-state index contributed by atoms with van der Waals surface area (Å²) < 4.78 is 0. The smallest absolute Gasteiger partial charge is 0.151 e. The lowest BCUT2D eigenvalue weighted by molar-refractivity contribution is 0.249. The van der Waals surface area contributed by atoms with Crippen molar-refractivity contribution < 1.29 is 0 Å². The van der Waals surface area contributed by atoms with Crippen LogP contribution in [0.1, 0.15) is 5.56 Å². The highest BCUT2D eigenvalue weighted by Crippen LogP contribution is 2.26. The molecule has 1 saturated heterocycles. The molecule has 0 unspecified atom stereocenters. The third-order valence-corrected chi connectivity index (χ3v) is 4.67. The molecule has 1 aromatic carbocycles. The van der Waals surface area contributed by atoms with E-state index in [2.05, 4.69) is 20.0 Å². The van der Waals surface area contributed by atoms with Gasteiger partial charge in [-0.05, 0) is 24.3 Å². The Morgan fingerprint density at radius 2 is 1.55 bits per heavy atom. The van der Waals surface area contributed by atoms with Gasteiger partial charge in [0.2, 0.25) is 0 Å². The summed E-state index contributed by atoms with van der Waals surface area (Å²) in [6, 6.07) is 9.28. The van der Waals surface area contributed by atoms with Gasteiger partial charge in [-0.2, -0.15) is 0 Å². The number of rotatable bonds is 3. The van der Waals surface area contributed by atoms with Crippen molar-refractivity contribution in [3.05, 3.63) is 51.1 Å². The van der Waals surface area contributed by atoms with E-state index in [1.165, 1.54) is 0 Å². The molecule has 1 fully saturated rings. The lowest BCUT2D eigenvalue weighted by Crippen LogP contribution is -2.46. The van der Waals surface area contributed by atoms with Gasteiger partial charge in [-0.1, -0.05) is 40.9 Å². The maximum atomic E-state index is 6.24. The van der Waals surface area contributed by atoms with Crippen molar-refractivity contribution in [2.24, 2.45) is 0 Å². The Kier molecular flexibility index (Phi) is 5.03.